The largest absolute Gasteiger partial charge is 0.384 e. The molecule has 1 aliphatic heterocycles. The van der Waals surface area contributed by atoms with Crippen LogP contribution in [0.2, 0.25) is 0 Å². The zero-order valence-electron chi connectivity index (χ0n) is 12.9. The standard InChI is InChI=1S/C16H22N4OS/c1-21-11-12-22-16-18-17-15(13-19-9-5-6-10-19)20(16)14-7-3-2-4-8-14/h2-4,7-8H,5-6,9-13H2,1H3. The Hall–Kier alpha value is -1.37. The van der Waals surface area contributed by atoms with Gasteiger partial charge in [0, 0.05) is 18.6 Å². The number of methoxy groups -OCH3 is 1. The molecule has 6 heteroatoms. The van der Waals surface area contributed by atoms with Crippen molar-refractivity contribution in [2.75, 3.05) is 32.6 Å². The summed E-state index contributed by atoms with van der Waals surface area (Å²) in [5.74, 6) is 1.90. The number of thioether (sulfide) groups is 1. The summed E-state index contributed by atoms with van der Waals surface area (Å²) in [6.45, 7) is 3.90. The molecule has 1 aliphatic rings. The first-order valence-corrected chi connectivity index (χ1v) is 8.71. The number of para-hydroxylation sites is 1. The molecule has 0 spiro atoms. The molecule has 118 valence electrons. The van der Waals surface area contributed by atoms with Crippen LogP contribution in [0.1, 0.15) is 18.7 Å². The summed E-state index contributed by atoms with van der Waals surface area (Å²) >= 11 is 1.69. The molecule has 22 heavy (non-hydrogen) atoms. The third-order valence-electron chi connectivity index (χ3n) is 3.80. The number of hydrogen-bond acceptors (Lipinski definition) is 5. The minimum atomic E-state index is 0.716. The van der Waals surface area contributed by atoms with E-state index in [1.54, 1.807) is 18.9 Å². The van der Waals surface area contributed by atoms with Crippen molar-refractivity contribution >= 4 is 11.8 Å². The SMILES string of the molecule is COCCSc1nnc(CN2CCCC2)n1-c1ccccc1. The van der Waals surface area contributed by atoms with Gasteiger partial charge in [-0.25, -0.2) is 0 Å². The van der Waals surface area contributed by atoms with Gasteiger partial charge in [0.25, 0.3) is 0 Å². The minimum absolute atomic E-state index is 0.716. The van der Waals surface area contributed by atoms with Gasteiger partial charge in [-0.05, 0) is 38.1 Å². The number of ether oxygens (including phenoxy) is 1. The summed E-state index contributed by atoms with van der Waals surface area (Å²) < 4.78 is 7.32. The molecule has 0 bridgehead atoms. The molecule has 0 N–H and O–H groups in total. The van der Waals surface area contributed by atoms with Gasteiger partial charge in [0.2, 0.25) is 0 Å². The van der Waals surface area contributed by atoms with Crippen LogP contribution in [0.4, 0.5) is 0 Å². The van der Waals surface area contributed by atoms with Crippen LogP contribution >= 0.6 is 11.8 Å². The van der Waals surface area contributed by atoms with Gasteiger partial charge in [-0.2, -0.15) is 0 Å². The molecular formula is C16H22N4OS. The van der Waals surface area contributed by atoms with Crippen molar-refractivity contribution in [1.82, 2.24) is 19.7 Å². The first-order chi connectivity index (χ1) is 10.9. The molecule has 0 aliphatic carbocycles. The van der Waals surface area contributed by atoms with E-state index in [9.17, 15) is 0 Å². The molecule has 2 aromatic rings. The van der Waals surface area contributed by atoms with Crippen molar-refractivity contribution in [3.8, 4) is 5.69 Å². The Bertz CT molecular complexity index is 581. The van der Waals surface area contributed by atoms with Crippen LogP contribution in [-0.4, -0.2) is 52.2 Å². The van der Waals surface area contributed by atoms with Crippen molar-refractivity contribution < 1.29 is 4.74 Å². The topological polar surface area (TPSA) is 43.2 Å². The maximum atomic E-state index is 5.14. The smallest absolute Gasteiger partial charge is 0.195 e. The summed E-state index contributed by atoms with van der Waals surface area (Å²) in [4.78, 5) is 2.45. The van der Waals surface area contributed by atoms with E-state index in [1.165, 1.54) is 12.8 Å². The van der Waals surface area contributed by atoms with Gasteiger partial charge in [0.05, 0.1) is 13.2 Å². The van der Waals surface area contributed by atoms with E-state index >= 15 is 0 Å². The van der Waals surface area contributed by atoms with Gasteiger partial charge in [-0.1, -0.05) is 30.0 Å². The summed E-state index contributed by atoms with van der Waals surface area (Å²) in [5, 5.41) is 9.79. The summed E-state index contributed by atoms with van der Waals surface area (Å²) in [7, 11) is 1.72. The summed E-state index contributed by atoms with van der Waals surface area (Å²) in [5.41, 5.74) is 1.13. The Kier molecular flexibility index (Phi) is 5.48. The summed E-state index contributed by atoms with van der Waals surface area (Å²) in [6, 6.07) is 10.4. The first-order valence-electron chi connectivity index (χ1n) is 7.72. The van der Waals surface area contributed by atoms with E-state index in [1.807, 2.05) is 6.07 Å². The molecule has 1 saturated heterocycles. The van der Waals surface area contributed by atoms with Crippen LogP contribution in [-0.2, 0) is 11.3 Å². The number of rotatable bonds is 7. The fraction of sp³-hybridized carbons (Fsp3) is 0.500. The average molecular weight is 318 g/mol. The monoisotopic (exact) mass is 318 g/mol. The molecule has 0 atom stereocenters. The predicted octanol–water partition coefficient (Wildman–Crippen LogP) is 2.60. The Morgan fingerprint density at radius 1 is 1.14 bits per heavy atom. The Balaban J connectivity index is 1.85. The Morgan fingerprint density at radius 3 is 2.64 bits per heavy atom. The van der Waals surface area contributed by atoms with Crippen LogP contribution in [0, 0.1) is 0 Å². The quantitative estimate of drug-likeness (QED) is 0.580. The highest BCUT2D eigenvalue weighted by molar-refractivity contribution is 7.99. The number of hydrogen-bond donors (Lipinski definition) is 0. The maximum Gasteiger partial charge on any atom is 0.195 e. The van der Waals surface area contributed by atoms with Crippen molar-refractivity contribution in [2.45, 2.75) is 24.5 Å². The molecule has 2 heterocycles. The number of aromatic nitrogens is 3. The maximum absolute atomic E-state index is 5.14. The van der Waals surface area contributed by atoms with Crippen molar-refractivity contribution in [2.24, 2.45) is 0 Å². The lowest BCUT2D eigenvalue weighted by molar-refractivity contribution is 0.218. The molecule has 1 fully saturated rings. The van der Waals surface area contributed by atoms with Gasteiger partial charge >= 0.3 is 0 Å². The molecule has 1 aromatic carbocycles. The number of likely N-dealkylation sites (tertiary alicyclic amines) is 1. The average Bonchev–Trinajstić information content (AvgIpc) is 3.19. The fourth-order valence-corrected chi connectivity index (χ4v) is 3.56. The van der Waals surface area contributed by atoms with Gasteiger partial charge in [0.1, 0.15) is 0 Å². The molecule has 1 aromatic heterocycles. The van der Waals surface area contributed by atoms with E-state index in [0.717, 1.165) is 42.1 Å². The molecule has 0 unspecified atom stereocenters. The Labute approximate surface area is 135 Å². The van der Waals surface area contributed by atoms with Crippen molar-refractivity contribution in [3.63, 3.8) is 0 Å². The van der Waals surface area contributed by atoms with Gasteiger partial charge in [0.15, 0.2) is 11.0 Å². The first kappa shape index (κ1) is 15.5. The van der Waals surface area contributed by atoms with Gasteiger partial charge in [-0.3, -0.25) is 9.47 Å². The predicted molar refractivity (Wildman–Crippen MR) is 88.5 cm³/mol. The third kappa shape index (κ3) is 3.69. The van der Waals surface area contributed by atoms with Gasteiger partial charge < -0.3 is 4.74 Å². The number of nitrogens with zero attached hydrogens (tertiary/aromatic N) is 4. The van der Waals surface area contributed by atoms with E-state index in [4.69, 9.17) is 4.74 Å². The van der Waals surface area contributed by atoms with Gasteiger partial charge in [-0.15, -0.1) is 10.2 Å². The lowest BCUT2D eigenvalue weighted by Crippen LogP contribution is -2.21. The van der Waals surface area contributed by atoms with E-state index in [2.05, 4.69) is 43.9 Å². The lowest BCUT2D eigenvalue weighted by atomic mass is 10.3. The van der Waals surface area contributed by atoms with E-state index < -0.39 is 0 Å². The molecule has 0 amide bonds. The highest BCUT2D eigenvalue weighted by atomic mass is 32.2. The second kappa shape index (κ2) is 7.76. The summed E-state index contributed by atoms with van der Waals surface area (Å²) in [6.07, 6.45) is 2.57. The van der Waals surface area contributed by atoms with E-state index in [-0.39, 0.29) is 0 Å². The highest BCUT2D eigenvalue weighted by Gasteiger charge is 2.19. The van der Waals surface area contributed by atoms with Crippen molar-refractivity contribution in [3.05, 3.63) is 36.2 Å². The normalized spacial score (nSPS) is 15.5. The zero-order chi connectivity index (χ0) is 15.2. The molecule has 3 rings (SSSR count). The lowest BCUT2D eigenvalue weighted by Gasteiger charge is -2.15. The van der Waals surface area contributed by atoms with Crippen LogP contribution < -0.4 is 0 Å². The molecule has 5 nitrogen and oxygen atoms in total. The van der Waals surface area contributed by atoms with Crippen molar-refractivity contribution in [1.29, 1.82) is 0 Å². The Morgan fingerprint density at radius 2 is 1.91 bits per heavy atom. The fourth-order valence-electron chi connectivity index (χ4n) is 2.69. The molecule has 0 saturated carbocycles. The second-order valence-electron chi connectivity index (χ2n) is 5.39. The van der Waals surface area contributed by atoms with Crippen LogP contribution in [0.5, 0.6) is 0 Å². The van der Waals surface area contributed by atoms with E-state index in [0.29, 0.717) is 6.61 Å². The second-order valence-corrected chi connectivity index (χ2v) is 6.46. The van der Waals surface area contributed by atoms with Crippen LogP contribution in [0.3, 0.4) is 0 Å². The number of benzene rings is 1. The zero-order valence-corrected chi connectivity index (χ0v) is 13.8. The van der Waals surface area contributed by atoms with Crippen LogP contribution in [0.15, 0.2) is 35.5 Å². The highest BCUT2D eigenvalue weighted by Crippen LogP contribution is 2.23. The van der Waals surface area contributed by atoms with Crippen LogP contribution in [0.25, 0.3) is 5.69 Å². The third-order valence-corrected chi connectivity index (χ3v) is 4.69. The molecular weight excluding hydrogens is 296 g/mol. The molecule has 0 radical (unpaired) electrons. The minimum Gasteiger partial charge on any atom is -0.384 e.